The molecule has 5 nitrogen and oxygen atoms in total. The molecule has 0 saturated heterocycles. The second kappa shape index (κ2) is 2.69. The molecule has 0 atom stereocenters. The van der Waals surface area contributed by atoms with Crippen LogP contribution in [0.25, 0.3) is 0 Å². The number of nitrogens with zero attached hydrogens (tertiary/aromatic N) is 1. The van der Waals surface area contributed by atoms with Crippen LogP contribution in [-0.2, 0) is 4.79 Å². The molecular weight excluding hydrogens is 172 g/mol. The number of H-pyrrole nitrogens is 1. The van der Waals surface area contributed by atoms with Crippen LogP contribution in [0.1, 0.15) is 6.92 Å². The molecule has 0 radical (unpaired) electrons. The Morgan fingerprint density at radius 3 is 3.08 bits per heavy atom. The number of nitrogens with one attached hydrogen (secondary N) is 1. The van der Waals surface area contributed by atoms with Gasteiger partial charge < -0.3 is 14.5 Å². The van der Waals surface area contributed by atoms with Crippen molar-refractivity contribution in [3.8, 4) is 11.5 Å². The third-order valence-electron chi connectivity index (χ3n) is 2.00. The van der Waals surface area contributed by atoms with Crippen molar-refractivity contribution in [3.63, 3.8) is 0 Å². The van der Waals surface area contributed by atoms with Crippen LogP contribution in [0.15, 0.2) is 6.20 Å². The van der Waals surface area contributed by atoms with Gasteiger partial charge in [-0.25, -0.2) is 0 Å². The summed E-state index contributed by atoms with van der Waals surface area (Å²) in [6.45, 7) is 1.71. The molecule has 1 aromatic heterocycles. The third kappa shape index (κ3) is 1.12. The fraction of sp³-hybridized carbons (Fsp3) is 0.375. The largest absolute Gasteiger partial charge is 0.452 e. The summed E-state index contributed by atoms with van der Waals surface area (Å²) in [5.74, 6) is 1.85. The lowest BCUT2D eigenvalue weighted by Gasteiger charge is -2.12. The van der Waals surface area contributed by atoms with E-state index >= 15 is 0 Å². The standard InChI is InChI=1S/C8H10N2O3/c1-5(11)10(2)8-7-6(3-9-8)12-4-13-7/h3,9H,4H2,1-2H3. The normalized spacial score (nSPS) is 13.1. The summed E-state index contributed by atoms with van der Waals surface area (Å²) in [6, 6.07) is 0. The maximum atomic E-state index is 11.1. The molecule has 1 amide bonds. The van der Waals surface area contributed by atoms with E-state index in [0.717, 1.165) is 0 Å². The lowest BCUT2D eigenvalue weighted by Crippen LogP contribution is -2.23. The van der Waals surface area contributed by atoms with Gasteiger partial charge in [-0.05, 0) is 0 Å². The Morgan fingerprint density at radius 2 is 2.38 bits per heavy atom. The Morgan fingerprint density at radius 1 is 1.62 bits per heavy atom. The summed E-state index contributed by atoms with van der Waals surface area (Å²) in [5, 5.41) is 0. The van der Waals surface area contributed by atoms with Crippen LogP contribution in [0, 0.1) is 0 Å². The molecule has 5 heteroatoms. The van der Waals surface area contributed by atoms with Crippen LogP contribution in [0.4, 0.5) is 5.82 Å². The number of rotatable bonds is 1. The SMILES string of the molecule is CC(=O)N(C)c1[nH]cc2c1OCO2. The number of hydrogen-bond donors (Lipinski definition) is 1. The van der Waals surface area contributed by atoms with Crippen LogP contribution < -0.4 is 14.4 Å². The van der Waals surface area contributed by atoms with Crippen molar-refractivity contribution >= 4 is 11.7 Å². The van der Waals surface area contributed by atoms with Gasteiger partial charge in [-0.3, -0.25) is 9.69 Å². The fourth-order valence-corrected chi connectivity index (χ4v) is 1.19. The molecule has 0 fully saturated rings. The maximum Gasteiger partial charge on any atom is 0.231 e. The Balaban J connectivity index is 2.36. The van der Waals surface area contributed by atoms with E-state index < -0.39 is 0 Å². The second-order valence-corrected chi connectivity index (χ2v) is 2.82. The highest BCUT2D eigenvalue weighted by Gasteiger charge is 2.23. The van der Waals surface area contributed by atoms with Gasteiger partial charge in [0, 0.05) is 20.2 Å². The fourth-order valence-electron chi connectivity index (χ4n) is 1.19. The van der Waals surface area contributed by atoms with E-state index in [2.05, 4.69) is 4.98 Å². The van der Waals surface area contributed by atoms with Crippen molar-refractivity contribution in [2.24, 2.45) is 0 Å². The molecule has 0 bridgehead atoms. The first-order valence-electron chi connectivity index (χ1n) is 3.91. The highest BCUT2D eigenvalue weighted by Crippen LogP contribution is 2.40. The smallest absolute Gasteiger partial charge is 0.231 e. The quantitative estimate of drug-likeness (QED) is 0.696. The van der Waals surface area contributed by atoms with E-state index in [1.807, 2.05) is 0 Å². The minimum absolute atomic E-state index is 0.0554. The number of aromatic nitrogens is 1. The Hall–Kier alpha value is -1.65. The zero-order chi connectivity index (χ0) is 9.42. The molecule has 1 aliphatic heterocycles. The second-order valence-electron chi connectivity index (χ2n) is 2.82. The zero-order valence-electron chi connectivity index (χ0n) is 7.46. The number of carbonyl (C=O) groups excluding carboxylic acids is 1. The molecule has 0 aliphatic carbocycles. The van der Waals surface area contributed by atoms with E-state index in [9.17, 15) is 4.79 Å². The summed E-state index contributed by atoms with van der Waals surface area (Å²) < 4.78 is 10.3. The van der Waals surface area contributed by atoms with Gasteiger partial charge in [-0.2, -0.15) is 0 Å². The molecule has 1 aliphatic rings. The minimum Gasteiger partial charge on any atom is -0.452 e. The van der Waals surface area contributed by atoms with Crippen molar-refractivity contribution in [2.75, 3.05) is 18.7 Å². The first kappa shape index (κ1) is 7.97. The van der Waals surface area contributed by atoms with E-state index in [1.54, 1.807) is 13.2 Å². The van der Waals surface area contributed by atoms with Crippen LogP contribution in [0.2, 0.25) is 0 Å². The van der Waals surface area contributed by atoms with Gasteiger partial charge in [0.05, 0.1) is 0 Å². The zero-order valence-corrected chi connectivity index (χ0v) is 7.46. The van der Waals surface area contributed by atoms with Crippen LogP contribution in [0.5, 0.6) is 11.5 Å². The summed E-state index contributed by atoms with van der Waals surface area (Å²) >= 11 is 0. The van der Waals surface area contributed by atoms with Gasteiger partial charge >= 0.3 is 0 Å². The summed E-state index contributed by atoms with van der Waals surface area (Å²) in [6.07, 6.45) is 1.68. The third-order valence-corrected chi connectivity index (χ3v) is 2.00. The van der Waals surface area contributed by atoms with Gasteiger partial charge in [-0.15, -0.1) is 0 Å². The molecule has 0 spiro atoms. The van der Waals surface area contributed by atoms with E-state index in [1.165, 1.54) is 11.8 Å². The van der Waals surface area contributed by atoms with Crippen molar-refractivity contribution in [1.29, 1.82) is 0 Å². The van der Waals surface area contributed by atoms with Crippen LogP contribution >= 0.6 is 0 Å². The number of aromatic amines is 1. The molecular formula is C8H10N2O3. The Labute approximate surface area is 75.2 Å². The number of hydrogen-bond acceptors (Lipinski definition) is 3. The molecule has 0 unspecified atom stereocenters. The number of fused-ring (bicyclic) bond motifs is 1. The first-order chi connectivity index (χ1) is 6.20. The van der Waals surface area contributed by atoms with Gasteiger partial charge in [0.15, 0.2) is 11.6 Å². The molecule has 1 aromatic rings. The lowest BCUT2D eigenvalue weighted by atomic mass is 10.4. The van der Waals surface area contributed by atoms with Crippen molar-refractivity contribution < 1.29 is 14.3 Å². The number of anilines is 1. The maximum absolute atomic E-state index is 11.1. The minimum atomic E-state index is -0.0554. The molecule has 2 rings (SSSR count). The molecule has 0 aromatic carbocycles. The summed E-state index contributed by atoms with van der Waals surface area (Å²) in [4.78, 5) is 15.4. The first-order valence-corrected chi connectivity index (χ1v) is 3.91. The van der Waals surface area contributed by atoms with Crippen LogP contribution in [-0.4, -0.2) is 24.7 Å². The predicted octanol–water partition coefficient (Wildman–Crippen LogP) is 0.726. The van der Waals surface area contributed by atoms with E-state index in [0.29, 0.717) is 17.3 Å². The molecule has 2 heterocycles. The van der Waals surface area contributed by atoms with Crippen molar-refractivity contribution in [3.05, 3.63) is 6.20 Å². The van der Waals surface area contributed by atoms with Crippen LogP contribution in [0.3, 0.4) is 0 Å². The van der Waals surface area contributed by atoms with Gasteiger partial charge in [-0.1, -0.05) is 0 Å². The molecule has 0 saturated carbocycles. The topological polar surface area (TPSA) is 54.6 Å². The van der Waals surface area contributed by atoms with Gasteiger partial charge in [0.25, 0.3) is 0 Å². The predicted molar refractivity (Wildman–Crippen MR) is 46.0 cm³/mol. The summed E-state index contributed by atoms with van der Waals surface area (Å²) in [5.41, 5.74) is 0. The van der Waals surface area contributed by atoms with E-state index in [-0.39, 0.29) is 12.7 Å². The highest BCUT2D eigenvalue weighted by molar-refractivity contribution is 5.92. The number of amides is 1. The Kier molecular flexibility index (Phi) is 1.65. The lowest BCUT2D eigenvalue weighted by molar-refractivity contribution is -0.116. The Bertz CT molecular complexity index is 345. The average molecular weight is 182 g/mol. The molecule has 1 N–H and O–H groups in total. The van der Waals surface area contributed by atoms with E-state index in [4.69, 9.17) is 9.47 Å². The average Bonchev–Trinajstić information content (AvgIpc) is 2.61. The highest BCUT2D eigenvalue weighted by atomic mass is 16.7. The summed E-state index contributed by atoms with van der Waals surface area (Å²) in [7, 11) is 1.68. The van der Waals surface area contributed by atoms with Gasteiger partial charge in [0.2, 0.25) is 18.4 Å². The van der Waals surface area contributed by atoms with Crippen molar-refractivity contribution in [1.82, 2.24) is 4.98 Å². The number of carbonyl (C=O) groups is 1. The van der Waals surface area contributed by atoms with Gasteiger partial charge in [0.1, 0.15) is 0 Å². The monoisotopic (exact) mass is 182 g/mol. The van der Waals surface area contributed by atoms with Crippen molar-refractivity contribution in [2.45, 2.75) is 6.92 Å². The number of ether oxygens (including phenoxy) is 2. The molecule has 70 valence electrons. The molecule has 13 heavy (non-hydrogen) atoms.